The zero-order valence-corrected chi connectivity index (χ0v) is 10.5. The fourth-order valence-electron chi connectivity index (χ4n) is 3.02. The number of likely N-dealkylation sites (tertiary alicyclic amines) is 2. The lowest BCUT2D eigenvalue weighted by atomic mass is 10.1. The molecule has 2 rings (SSSR count). The van der Waals surface area contributed by atoms with E-state index in [1.54, 1.807) is 0 Å². The van der Waals surface area contributed by atoms with E-state index >= 15 is 0 Å². The largest absolute Gasteiger partial charge is 0.301 e. The molecule has 0 radical (unpaired) electrons. The van der Waals surface area contributed by atoms with Crippen molar-refractivity contribution in [3.63, 3.8) is 0 Å². The molecule has 0 aliphatic carbocycles. The maximum absolute atomic E-state index is 8.91. The van der Waals surface area contributed by atoms with Crippen molar-refractivity contribution in [3.05, 3.63) is 0 Å². The molecule has 0 bridgehead atoms. The van der Waals surface area contributed by atoms with Gasteiger partial charge in [0.25, 0.3) is 0 Å². The number of nitriles is 1. The van der Waals surface area contributed by atoms with Crippen molar-refractivity contribution >= 4 is 0 Å². The summed E-state index contributed by atoms with van der Waals surface area (Å²) in [5, 5.41) is 8.91. The van der Waals surface area contributed by atoms with E-state index in [0.29, 0.717) is 5.92 Å². The second-order valence-electron chi connectivity index (χ2n) is 5.71. The summed E-state index contributed by atoms with van der Waals surface area (Å²) in [5.41, 5.74) is 0. The van der Waals surface area contributed by atoms with E-state index in [1.807, 2.05) is 0 Å². The maximum Gasteiger partial charge on any atom is 0.0669 e. The van der Waals surface area contributed by atoms with Crippen molar-refractivity contribution in [1.29, 1.82) is 5.26 Å². The van der Waals surface area contributed by atoms with E-state index in [-0.39, 0.29) is 0 Å². The summed E-state index contributed by atoms with van der Waals surface area (Å²) in [4.78, 5) is 5.11. The van der Waals surface area contributed by atoms with E-state index in [9.17, 15) is 0 Å². The van der Waals surface area contributed by atoms with Crippen LogP contribution in [0.4, 0.5) is 0 Å². The van der Waals surface area contributed by atoms with Gasteiger partial charge in [-0.3, -0.25) is 4.90 Å². The fourth-order valence-corrected chi connectivity index (χ4v) is 3.02. The molecule has 2 atom stereocenters. The average molecular weight is 221 g/mol. The molecule has 3 heteroatoms. The third kappa shape index (κ3) is 2.75. The highest BCUT2D eigenvalue weighted by Gasteiger charge is 2.32. The Morgan fingerprint density at radius 3 is 2.69 bits per heavy atom. The average Bonchev–Trinajstić information content (AvgIpc) is 2.83. The van der Waals surface area contributed by atoms with Gasteiger partial charge in [0.05, 0.1) is 12.0 Å². The van der Waals surface area contributed by atoms with Crippen LogP contribution in [0.2, 0.25) is 0 Å². The Bertz CT molecular complexity index is 269. The predicted molar refractivity (Wildman–Crippen MR) is 65.0 cm³/mol. The second kappa shape index (κ2) is 5.16. The molecule has 3 nitrogen and oxygen atoms in total. The highest BCUT2D eigenvalue weighted by molar-refractivity contribution is 4.95. The molecule has 2 heterocycles. The van der Waals surface area contributed by atoms with Crippen LogP contribution >= 0.6 is 0 Å². The second-order valence-corrected chi connectivity index (χ2v) is 5.71. The zero-order chi connectivity index (χ0) is 11.5. The molecule has 0 aromatic carbocycles. The third-order valence-corrected chi connectivity index (χ3v) is 3.79. The molecule has 90 valence electrons. The van der Waals surface area contributed by atoms with Crippen molar-refractivity contribution in [2.45, 2.75) is 32.7 Å². The summed E-state index contributed by atoms with van der Waals surface area (Å²) >= 11 is 0. The molecule has 0 aromatic rings. The van der Waals surface area contributed by atoms with E-state index < -0.39 is 0 Å². The summed E-state index contributed by atoms with van der Waals surface area (Å²) < 4.78 is 0. The first-order chi connectivity index (χ1) is 7.69. The van der Waals surface area contributed by atoms with Crippen molar-refractivity contribution in [2.24, 2.45) is 11.8 Å². The highest BCUT2D eigenvalue weighted by atomic mass is 15.3. The Hall–Kier alpha value is -0.590. The van der Waals surface area contributed by atoms with Crippen molar-refractivity contribution in [2.75, 3.05) is 32.7 Å². The lowest BCUT2D eigenvalue weighted by Gasteiger charge is -2.24. The van der Waals surface area contributed by atoms with Crippen LogP contribution < -0.4 is 0 Å². The molecule has 2 fully saturated rings. The molecular weight excluding hydrogens is 198 g/mol. The minimum absolute atomic E-state index is 0.291. The van der Waals surface area contributed by atoms with Gasteiger partial charge in [0.1, 0.15) is 0 Å². The van der Waals surface area contributed by atoms with E-state index in [1.165, 1.54) is 26.1 Å². The molecule has 0 amide bonds. The Morgan fingerprint density at radius 2 is 2.06 bits per heavy atom. The monoisotopic (exact) mass is 221 g/mol. The summed E-state index contributed by atoms with van der Waals surface area (Å²) in [7, 11) is 0. The lowest BCUT2D eigenvalue weighted by Crippen LogP contribution is -2.36. The topological polar surface area (TPSA) is 30.3 Å². The third-order valence-electron chi connectivity index (χ3n) is 3.79. The minimum Gasteiger partial charge on any atom is -0.301 e. The minimum atomic E-state index is 0.291. The molecule has 0 saturated carbocycles. The van der Waals surface area contributed by atoms with Crippen LogP contribution in [0.3, 0.4) is 0 Å². The highest BCUT2D eigenvalue weighted by Crippen LogP contribution is 2.23. The molecule has 2 aliphatic rings. The normalized spacial score (nSPS) is 32.4. The number of hydrogen-bond donors (Lipinski definition) is 0. The van der Waals surface area contributed by atoms with Crippen LogP contribution in [0.15, 0.2) is 0 Å². The number of hydrogen-bond acceptors (Lipinski definition) is 3. The van der Waals surface area contributed by atoms with Crippen molar-refractivity contribution in [3.8, 4) is 6.07 Å². The first kappa shape index (κ1) is 11.9. The van der Waals surface area contributed by atoms with Gasteiger partial charge in [-0.1, -0.05) is 13.8 Å². The summed E-state index contributed by atoms with van der Waals surface area (Å²) in [6.07, 6.45) is 2.38. The molecule has 2 aliphatic heterocycles. The fraction of sp³-hybridized carbons (Fsp3) is 0.923. The van der Waals surface area contributed by atoms with Gasteiger partial charge in [-0.2, -0.15) is 5.26 Å². The van der Waals surface area contributed by atoms with Gasteiger partial charge in [-0.25, -0.2) is 0 Å². The van der Waals surface area contributed by atoms with Gasteiger partial charge in [0, 0.05) is 25.7 Å². The van der Waals surface area contributed by atoms with Gasteiger partial charge < -0.3 is 4.90 Å². The Balaban J connectivity index is 1.79. The van der Waals surface area contributed by atoms with Crippen LogP contribution in [0.5, 0.6) is 0 Å². The number of nitrogens with zero attached hydrogens (tertiary/aromatic N) is 3. The molecular formula is C13H23N3. The van der Waals surface area contributed by atoms with Crippen molar-refractivity contribution in [1.82, 2.24) is 9.80 Å². The molecule has 0 N–H and O–H groups in total. The summed E-state index contributed by atoms with van der Waals surface area (Å²) in [6.45, 7) is 10.4. The standard InChI is InChI=1S/C13H23N3/c1-11(2)8-15-5-4-13(10-15)16-6-3-12(7-14)9-16/h11-13H,3-6,8-10H2,1-2H3. The van der Waals surface area contributed by atoms with Crippen molar-refractivity contribution < 1.29 is 0 Å². The first-order valence-corrected chi connectivity index (χ1v) is 6.55. The van der Waals surface area contributed by atoms with Gasteiger partial charge in [0.15, 0.2) is 0 Å². The molecule has 0 spiro atoms. The summed E-state index contributed by atoms with van der Waals surface area (Å²) in [6, 6.07) is 3.13. The Morgan fingerprint density at radius 1 is 1.25 bits per heavy atom. The smallest absolute Gasteiger partial charge is 0.0669 e. The van der Waals surface area contributed by atoms with E-state index in [0.717, 1.165) is 31.5 Å². The lowest BCUT2D eigenvalue weighted by molar-refractivity contribution is 0.221. The van der Waals surface area contributed by atoms with Gasteiger partial charge in [-0.15, -0.1) is 0 Å². The number of rotatable bonds is 3. The molecule has 2 saturated heterocycles. The maximum atomic E-state index is 8.91. The molecule has 2 unspecified atom stereocenters. The molecule has 16 heavy (non-hydrogen) atoms. The van der Waals surface area contributed by atoms with E-state index in [4.69, 9.17) is 5.26 Å². The van der Waals surface area contributed by atoms with Crippen LogP contribution in [0.1, 0.15) is 26.7 Å². The van der Waals surface area contributed by atoms with Crippen LogP contribution in [0.25, 0.3) is 0 Å². The van der Waals surface area contributed by atoms with Crippen LogP contribution in [-0.2, 0) is 0 Å². The zero-order valence-electron chi connectivity index (χ0n) is 10.5. The Labute approximate surface area is 99.0 Å². The Kier molecular flexibility index (Phi) is 3.83. The molecule has 0 aromatic heterocycles. The predicted octanol–water partition coefficient (Wildman–Crippen LogP) is 1.56. The van der Waals surface area contributed by atoms with Gasteiger partial charge >= 0.3 is 0 Å². The van der Waals surface area contributed by atoms with Crippen LogP contribution in [-0.4, -0.2) is 48.6 Å². The van der Waals surface area contributed by atoms with Gasteiger partial charge in [-0.05, 0) is 31.8 Å². The summed E-state index contributed by atoms with van der Waals surface area (Å²) in [5.74, 6) is 1.06. The van der Waals surface area contributed by atoms with Gasteiger partial charge in [0.2, 0.25) is 0 Å². The first-order valence-electron chi connectivity index (χ1n) is 6.55. The SMILES string of the molecule is CC(C)CN1CCC(N2CCC(C#N)C2)C1. The van der Waals surface area contributed by atoms with E-state index in [2.05, 4.69) is 29.7 Å². The quantitative estimate of drug-likeness (QED) is 0.724. The van der Waals surface area contributed by atoms with Crippen LogP contribution in [0, 0.1) is 23.2 Å².